The Labute approximate surface area is 128 Å². The van der Waals surface area contributed by atoms with Gasteiger partial charge in [-0.25, -0.2) is 0 Å². The minimum absolute atomic E-state index is 0.0528. The van der Waals surface area contributed by atoms with Crippen molar-refractivity contribution in [3.8, 4) is 0 Å². The molecule has 1 amide bonds. The van der Waals surface area contributed by atoms with Gasteiger partial charge in [-0.15, -0.1) is 0 Å². The molecule has 0 spiro atoms. The van der Waals surface area contributed by atoms with Gasteiger partial charge in [0.15, 0.2) is 0 Å². The van der Waals surface area contributed by atoms with E-state index in [9.17, 15) is 4.79 Å². The molecule has 0 saturated heterocycles. The Morgan fingerprint density at radius 2 is 1.89 bits per heavy atom. The van der Waals surface area contributed by atoms with Crippen LogP contribution in [0.5, 0.6) is 0 Å². The van der Waals surface area contributed by atoms with Crippen LogP contribution in [0.25, 0.3) is 0 Å². The van der Waals surface area contributed by atoms with Gasteiger partial charge in [0.05, 0.1) is 6.42 Å². The molecule has 0 unspecified atom stereocenters. The van der Waals surface area contributed by atoms with Crippen LogP contribution in [0.3, 0.4) is 0 Å². The number of carbonyl (C=O) groups is 1. The van der Waals surface area contributed by atoms with Crippen molar-refractivity contribution >= 4 is 40.1 Å². The molecule has 0 heterocycles. The Bertz CT molecular complexity index is 371. The van der Waals surface area contributed by atoms with Crippen LogP contribution in [-0.4, -0.2) is 16.9 Å². The van der Waals surface area contributed by atoms with Crippen LogP contribution in [0.1, 0.15) is 31.2 Å². The summed E-state index contributed by atoms with van der Waals surface area (Å²) in [5, 5.41) is 3.60. The zero-order valence-electron chi connectivity index (χ0n) is 10.4. The van der Waals surface area contributed by atoms with Crippen LogP contribution in [-0.2, 0) is 11.2 Å². The molecule has 0 aliphatic heterocycles. The summed E-state index contributed by atoms with van der Waals surface area (Å²) in [5.41, 5.74) is 0.890. The van der Waals surface area contributed by atoms with Crippen LogP contribution in [0.15, 0.2) is 24.3 Å². The lowest BCUT2D eigenvalue weighted by Crippen LogP contribution is -2.26. The van der Waals surface area contributed by atoms with Crippen LogP contribution in [0, 0.1) is 0 Å². The SMILES string of the molecule is O=C(Cc1ccccc1Cl)NCCCCCCI. The predicted octanol–water partition coefficient (Wildman–Crippen LogP) is 3.99. The Kier molecular flexibility index (Phi) is 8.42. The highest BCUT2D eigenvalue weighted by molar-refractivity contribution is 14.1. The minimum Gasteiger partial charge on any atom is -0.356 e. The number of alkyl halides is 1. The molecule has 100 valence electrons. The molecule has 1 N–H and O–H groups in total. The van der Waals surface area contributed by atoms with Gasteiger partial charge in [0, 0.05) is 11.6 Å². The summed E-state index contributed by atoms with van der Waals surface area (Å²) < 4.78 is 1.22. The van der Waals surface area contributed by atoms with Gasteiger partial charge in [-0.1, -0.05) is 65.2 Å². The first-order chi connectivity index (χ1) is 8.74. The summed E-state index contributed by atoms with van der Waals surface area (Å²) in [7, 11) is 0. The first kappa shape index (κ1) is 15.8. The quantitative estimate of drug-likeness (QED) is 0.413. The van der Waals surface area contributed by atoms with E-state index >= 15 is 0 Å². The van der Waals surface area contributed by atoms with Crippen LogP contribution in [0.2, 0.25) is 5.02 Å². The number of hydrogen-bond acceptors (Lipinski definition) is 1. The average molecular weight is 380 g/mol. The van der Waals surface area contributed by atoms with Crippen molar-refractivity contribution < 1.29 is 4.79 Å². The van der Waals surface area contributed by atoms with Crippen LogP contribution >= 0.6 is 34.2 Å². The van der Waals surface area contributed by atoms with E-state index in [4.69, 9.17) is 11.6 Å². The van der Waals surface area contributed by atoms with Crippen molar-refractivity contribution in [1.82, 2.24) is 5.32 Å². The normalized spacial score (nSPS) is 10.3. The van der Waals surface area contributed by atoms with Crippen molar-refractivity contribution in [3.63, 3.8) is 0 Å². The molecule has 0 fully saturated rings. The number of unbranched alkanes of at least 4 members (excludes halogenated alkanes) is 3. The number of carbonyl (C=O) groups excluding carboxylic acids is 1. The number of halogens is 2. The highest BCUT2D eigenvalue weighted by atomic mass is 127. The number of rotatable bonds is 8. The number of benzene rings is 1. The zero-order chi connectivity index (χ0) is 13.2. The highest BCUT2D eigenvalue weighted by Gasteiger charge is 2.05. The molecular formula is C14H19ClINO. The number of nitrogens with one attached hydrogen (secondary N) is 1. The first-order valence-corrected chi connectivity index (χ1v) is 8.20. The molecule has 0 bridgehead atoms. The van der Waals surface area contributed by atoms with Gasteiger partial charge in [-0.2, -0.15) is 0 Å². The molecule has 1 aromatic rings. The molecule has 0 radical (unpaired) electrons. The zero-order valence-corrected chi connectivity index (χ0v) is 13.3. The highest BCUT2D eigenvalue weighted by Crippen LogP contribution is 2.15. The Hall–Kier alpha value is -0.290. The standard InChI is InChI=1S/C14H19ClINO/c15-13-8-4-3-7-12(13)11-14(18)17-10-6-2-1-5-9-16/h3-4,7-8H,1-2,5-6,9-11H2,(H,17,18). The molecule has 1 aromatic carbocycles. The lowest BCUT2D eigenvalue weighted by atomic mass is 10.1. The fourth-order valence-corrected chi connectivity index (χ4v) is 2.42. The summed E-state index contributed by atoms with van der Waals surface area (Å²) in [6.45, 7) is 0.768. The second-order valence-corrected chi connectivity index (χ2v) is 5.71. The van der Waals surface area contributed by atoms with E-state index in [1.165, 1.54) is 23.7 Å². The number of hydrogen-bond donors (Lipinski definition) is 1. The maximum absolute atomic E-state index is 11.7. The summed E-state index contributed by atoms with van der Waals surface area (Å²) in [6, 6.07) is 7.48. The molecule has 0 aromatic heterocycles. The third-order valence-corrected chi connectivity index (χ3v) is 3.82. The molecular weight excluding hydrogens is 361 g/mol. The number of amides is 1. The van der Waals surface area contributed by atoms with Gasteiger partial charge >= 0.3 is 0 Å². The van der Waals surface area contributed by atoms with E-state index in [0.29, 0.717) is 11.4 Å². The molecule has 18 heavy (non-hydrogen) atoms. The first-order valence-electron chi connectivity index (χ1n) is 6.30. The average Bonchev–Trinajstić information content (AvgIpc) is 2.36. The van der Waals surface area contributed by atoms with Crippen molar-refractivity contribution in [2.24, 2.45) is 0 Å². The predicted molar refractivity (Wildman–Crippen MR) is 85.5 cm³/mol. The third kappa shape index (κ3) is 6.59. The topological polar surface area (TPSA) is 29.1 Å². The smallest absolute Gasteiger partial charge is 0.224 e. The fourth-order valence-electron chi connectivity index (χ4n) is 1.68. The van der Waals surface area contributed by atoms with Gasteiger partial charge < -0.3 is 5.32 Å². The molecule has 1 rings (SSSR count). The molecule has 0 aliphatic rings. The second-order valence-electron chi connectivity index (χ2n) is 4.22. The Morgan fingerprint density at radius 1 is 1.17 bits per heavy atom. The van der Waals surface area contributed by atoms with Gasteiger partial charge in [0.2, 0.25) is 5.91 Å². The molecule has 4 heteroatoms. The Morgan fingerprint density at radius 3 is 2.61 bits per heavy atom. The van der Waals surface area contributed by atoms with E-state index in [0.717, 1.165) is 18.5 Å². The van der Waals surface area contributed by atoms with E-state index in [2.05, 4.69) is 27.9 Å². The second kappa shape index (κ2) is 9.62. The minimum atomic E-state index is 0.0528. The fraction of sp³-hybridized carbons (Fsp3) is 0.500. The molecule has 0 aliphatic carbocycles. The lowest BCUT2D eigenvalue weighted by Gasteiger charge is -2.06. The molecule has 0 atom stereocenters. The molecule has 0 saturated carbocycles. The lowest BCUT2D eigenvalue weighted by molar-refractivity contribution is -0.120. The Balaban J connectivity index is 2.16. The van der Waals surface area contributed by atoms with Crippen LogP contribution < -0.4 is 5.32 Å². The van der Waals surface area contributed by atoms with Gasteiger partial charge in [-0.05, 0) is 28.9 Å². The maximum Gasteiger partial charge on any atom is 0.224 e. The van der Waals surface area contributed by atoms with E-state index in [1.807, 2.05) is 24.3 Å². The molecule has 2 nitrogen and oxygen atoms in total. The largest absolute Gasteiger partial charge is 0.356 e. The summed E-state index contributed by atoms with van der Waals surface area (Å²) in [4.78, 5) is 11.7. The summed E-state index contributed by atoms with van der Waals surface area (Å²) in [5.74, 6) is 0.0528. The van der Waals surface area contributed by atoms with Crippen molar-refractivity contribution in [3.05, 3.63) is 34.9 Å². The maximum atomic E-state index is 11.7. The van der Waals surface area contributed by atoms with Crippen molar-refractivity contribution in [2.45, 2.75) is 32.1 Å². The third-order valence-electron chi connectivity index (χ3n) is 2.69. The van der Waals surface area contributed by atoms with E-state index < -0.39 is 0 Å². The monoisotopic (exact) mass is 379 g/mol. The van der Waals surface area contributed by atoms with Crippen LogP contribution in [0.4, 0.5) is 0 Å². The van der Waals surface area contributed by atoms with E-state index in [1.54, 1.807) is 0 Å². The van der Waals surface area contributed by atoms with Gasteiger partial charge in [0.25, 0.3) is 0 Å². The van der Waals surface area contributed by atoms with Crippen molar-refractivity contribution in [1.29, 1.82) is 0 Å². The summed E-state index contributed by atoms with van der Waals surface area (Å²) in [6.07, 6.45) is 5.14. The van der Waals surface area contributed by atoms with E-state index in [-0.39, 0.29) is 5.91 Å². The van der Waals surface area contributed by atoms with Gasteiger partial charge in [0.1, 0.15) is 0 Å². The van der Waals surface area contributed by atoms with Crippen molar-refractivity contribution in [2.75, 3.05) is 11.0 Å². The summed E-state index contributed by atoms with van der Waals surface area (Å²) >= 11 is 8.40. The van der Waals surface area contributed by atoms with Gasteiger partial charge in [-0.3, -0.25) is 4.79 Å².